The van der Waals surface area contributed by atoms with Gasteiger partial charge in [-0.25, -0.2) is 8.42 Å². The highest BCUT2D eigenvalue weighted by molar-refractivity contribution is 7.92. The minimum atomic E-state index is -3.64. The summed E-state index contributed by atoms with van der Waals surface area (Å²) in [5, 5.41) is 9.16. The van der Waals surface area contributed by atoms with Crippen molar-refractivity contribution in [2.45, 2.75) is 26.2 Å². The van der Waals surface area contributed by atoms with Gasteiger partial charge in [0.1, 0.15) is 0 Å². The number of hydrogen-bond acceptors (Lipinski definition) is 3. The van der Waals surface area contributed by atoms with Crippen LogP contribution in [0.15, 0.2) is 24.3 Å². The lowest BCUT2D eigenvalue weighted by Gasteiger charge is -2.37. The third-order valence-corrected chi connectivity index (χ3v) is 5.03. The third kappa shape index (κ3) is 3.07. The molecule has 0 unspecified atom stereocenters. The van der Waals surface area contributed by atoms with Gasteiger partial charge in [0.05, 0.1) is 11.2 Å². The van der Waals surface area contributed by atoms with E-state index in [0.717, 1.165) is 12.0 Å². The van der Waals surface area contributed by atoms with Gasteiger partial charge in [-0.05, 0) is 31.9 Å². The molecule has 1 aromatic rings. The van der Waals surface area contributed by atoms with E-state index in [1.54, 1.807) is 24.3 Å². The molecule has 0 heterocycles. The zero-order valence-corrected chi connectivity index (χ0v) is 11.5. The van der Waals surface area contributed by atoms with Gasteiger partial charge in [-0.3, -0.25) is 9.52 Å². The van der Waals surface area contributed by atoms with Crippen LogP contribution < -0.4 is 4.72 Å². The van der Waals surface area contributed by atoms with Crippen LogP contribution in [0.3, 0.4) is 0 Å². The van der Waals surface area contributed by atoms with Crippen LogP contribution in [0.4, 0.5) is 5.69 Å². The second-order valence-corrected chi connectivity index (χ2v) is 6.89. The van der Waals surface area contributed by atoms with Gasteiger partial charge < -0.3 is 5.11 Å². The fraction of sp³-hybridized carbons (Fsp3) is 0.462. The third-order valence-electron chi connectivity index (χ3n) is 3.56. The van der Waals surface area contributed by atoms with E-state index in [1.165, 1.54) is 0 Å². The second kappa shape index (κ2) is 4.85. The molecule has 0 aromatic heterocycles. The summed E-state index contributed by atoms with van der Waals surface area (Å²) in [6.45, 7) is 1.91. The minimum absolute atomic E-state index is 0.358. The first-order valence-electron chi connectivity index (χ1n) is 6.14. The molecular weight excluding hydrogens is 266 g/mol. The van der Waals surface area contributed by atoms with Crippen LogP contribution in [-0.4, -0.2) is 25.2 Å². The van der Waals surface area contributed by atoms with Gasteiger partial charge in [0.2, 0.25) is 10.0 Å². The number of carboxylic acid groups (broad SMARTS) is 1. The van der Waals surface area contributed by atoms with Crippen molar-refractivity contribution in [3.8, 4) is 0 Å². The summed E-state index contributed by atoms with van der Waals surface area (Å²) in [5.41, 5.74) is 0.394. The van der Waals surface area contributed by atoms with E-state index in [1.807, 2.05) is 6.92 Å². The lowest BCUT2D eigenvalue weighted by molar-refractivity contribution is -0.152. The highest BCUT2D eigenvalue weighted by Gasteiger charge is 2.47. The highest BCUT2D eigenvalue weighted by atomic mass is 32.2. The van der Waals surface area contributed by atoms with E-state index in [4.69, 9.17) is 5.11 Å². The maximum Gasteiger partial charge on any atom is 0.310 e. The SMILES string of the molecule is Cc1ccc(NS(=O)(=O)CC2(C(=O)O)CCC2)cc1. The van der Waals surface area contributed by atoms with Crippen molar-refractivity contribution in [3.05, 3.63) is 29.8 Å². The van der Waals surface area contributed by atoms with E-state index >= 15 is 0 Å². The number of aryl methyl sites for hydroxylation is 1. The largest absolute Gasteiger partial charge is 0.481 e. The molecule has 0 bridgehead atoms. The molecule has 0 radical (unpaired) electrons. The van der Waals surface area contributed by atoms with Crippen molar-refractivity contribution in [2.24, 2.45) is 5.41 Å². The molecule has 1 aliphatic rings. The van der Waals surface area contributed by atoms with E-state index in [9.17, 15) is 13.2 Å². The molecule has 6 heteroatoms. The Morgan fingerprint density at radius 3 is 2.32 bits per heavy atom. The Balaban J connectivity index is 2.11. The summed E-state index contributed by atoms with van der Waals surface area (Å²) in [6, 6.07) is 6.94. The Bertz CT molecular complexity index is 573. The van der Waals surface area contributed by atoms with Crippen LogP contribution in [-0.2, 0) is 14.8 Å². The molecule has 5 nitrogen and oxygen atoms in total. The van der Waals surface area contributed by atoms with Crippen LogP contribution in [0.25, 0.3) is 0 Å². The first-order valence-corrected chi connectivity index (χ1v) is 7.79. The summed E-state index contributed by atoms with van der Waals surface area (Å²) in [5.74, 6) is -1.38. The van der Waals surface area contributed by atoms with Crippen molar-refractivity contribution in [2.75, 3.05) is 10.5 Å². The normalized spacial score (nSPS) is 17.5. The van der Waals surface area contributed by atoms with Gasteiger partial charge in [-0.2, -0.15) is 0 Å². The molecule has 0 amide bonds. The predicted molar refractivity (Wildman–Crippen MR) is 72.5 cm³/mol. The first-order chi connectivity index (χ1) is 8.83. The van der Waals surface area contributed by atoms with Crippen molar-refractivity contribution < 1.29 is 18.3 Å². The van der Waals surface area contributed by atoms with Crippen LogP contribution in [0, 0.1) is 12.3 Å². The van der Waals surface area contributed by atoms with Crippen LogP contribution in [0.1, 0.15) is 24.8 Å². The fourth-order valence-corrected chi connectivity index (χ4v) is 3.93. The monoisotopic (exact) mass is 283 g/mol. The molecule has 1 fully saturated rings. The number of carbonyl (C=O) groups is 1. The number of aliphatic carboxylic acids is 1. The number of hydrogen-bond donors (Lipinski definition) is 2. The van der Waals surface area contributed by atoms with Gasteiger partial charge >= 0.3 is 5.97 Å². The standard InChI is InChI=1S/C13H17NO4S/c1-10-3-5-11(6-4-10)14-19(17,18)9-13(12(15)16)7-2-8-13/h3-6,14H,2,7-9H2,1H3,(H,15,16). The average Bonchev–Trinajstić information content (AvgIpc) is 2.26. The average molecular weight is 283 g/mol. The van der Waals surface area contributed by atoms with E-state index < -0.39 is 21.4 Å². The van der Waals surface area contributed by atoms with E-state index in [0.29, 0.717) is 18.5 Å². The van der Waals surface area contributed by atoms with Gasteiger partial charge in [0.25, 0.3) is 0 Å². The molecular formula is C13H17NO4S. The molecule has 104 valence electrons. The van der Waals surface area contributed by atoms with E-state index in [-0.39, 0.29) is 5.75 Å². The van der Waals surface area contributed by atoms with Gasteiger partial charge in [0.15, 0.2) is 0 Å². The number of carboxylic acids is 1. The van der Waals surface area contributed by atoms with E-state index in [2.05, 4.69) is 4.72 Å². The van der Waals surface area contributed by atoms with Gasteiger partial charge in [-0.1, -0.05) is 24.1 Å². The summed E-state index contributed by atoms with van der Waals surface area (Å²) >= 11 is 0. The van der Waals surface area contributed by atoms with Crippen LogP contribution in [0.2, 0.25) is 0 Å². The first kappa shape index (κ1) is 13.9. The molecule has 1 saturated carbocycles. The molecule has 0 saturated heterocycles. The van der Waals surface area contributed by atoms with Gasteiger partial charge in [0, 0.05) is 5.69 Å². The lowest BCUT2D eigenvalue weighted by atomic mass is 9.70. The van der Waals surface area contributed by atoms with Crippen molar-refractivity contribution in [1.82, 2.24) is 0 Å². The van der Waals surface area contributed by atoms with Gasteiger partial charge in [-0.15, -0.1) is 0 Å². The zero-order valence-electron chi connectivity index (χ0n) is 10.7. The Labute approximate surface area is 112 Å². The molecule has 19 heavy (non-hydrogen) atoms. The summed E-state index contributed by atoms with van der Waals surface area (Å²) in [4.78, 5) is 11.2. The molecule has 1 aromatic carbocycles. The molecule has 0 atom stereocenters. The summed E-state index contributed by atoms with van der Waals surface area (Å²) < 4.78 is 26.5. The Kier molecular flexibility index (Phi) is 3.54. The van der Waals surface area contributed by atoms with Crippen molar-refractivity contribution >= 4 is 21.7 Å². The Hall–Kier alpha value is -1.56. The predicted octanol–water partition coefficient (Wildman–Crippen LogP) is 1.99. The number of nitrogens with one attached hydrogen (secondary N) is 1. The minimum Gasteiger partial charge on any atom is -0.481 e. The summed E-state index contributed by atoms with van der Waals surface area (Å²) in [7, 11) is -3.64. The fourth-order valence-electron chi connectivity index (χ4n) is 2.22. The van der Waals surface area contributed by atoms with Crippen LogP contribution in [0.5, 0.6) is 0 Å². The highest BCUT2D eigenvalue weighted by Crippen LogP contribution is 2.42. The second-order valence-electron chi connectivity index (χ2n) is 5.17. The smallest absolute Gasteiger partial charge is 0.310 e. The van der Waals surface area contributed by atoms with Crippen LogP contribution >= 0.6 is 0 Å². The topological polar surface area (TPSA) is 83.5 Å². The quantitative estimate of drug-likeness (QED) is 0.865. The van der Waals surface area contributed by atoms with Crippen molar-refractivity contribution in [3.63, 3.8) is 0 Å². The van der Waals surface area contributed by atoms with Crippen molar-refractivity contribution in [1.29, 1.82) is 0 Å². The molecule has 2 rings (SSSR count). The Morgan fingerprint density at radius 1 is 1.32 bits per heavy atom. The molecule has 1 aliphatic carbocycles. The molecule has 2 N–H and O–H groups in total. The Morgan fingerprint density at radius 2 is 1.89 bits per heavy atom. The summed E-state index contributed by atoms with van der Waals surface area (Å²) in [6.07, 6.45) is 1.63. The number of sulfonamides is 1. The number of benzene rings is 1. The molecule has 0 spiro atoms. The molecule has 0 aliphatic heterocycles. The maximum absolute atomic E-state index is 12.0. The number of anilines is 1. The number of rotatable bonds is 5. The lowest BCUT2D eigenvalue weighted by Crippen LogP contribution is -2.45. The zero-order chi connectivity index (χ0) is 14.1. The maximum atomic E-state index is 12.0.